The number of hydrogen-bond acceptors (Lipinski definition) is 3. The highest BCUT2D eigenvalue weighted by molar-refractivity contribution is 5.95. The molecule has 2 unspecified atom stereocenters. The number of aromatic carboxylic acids is 1. The Kier molecular flexibility index (Phi) is 3.45. The first kappa shape index (κ1) is 12.7. The van der Waals surface area contributed by atoms with Gasteiger partial charge in [0, 0.05) is 17.8 Å². The van der Waals surface area contributed by atoms with Crippen LogP contribution in [0.3, 0.4) is 0 Å². The molecule has 1 aliphatic heterocycles. The molecule has 18 heavy (non-hydrogen) atoms. The summed E-state index contributed by atoms with van der Waals surface area (Å²) in [5.74, 6) is -0.911. The number of carbonyl (C=O) groups is 1. The third-order valence-corrected chi connectivity index (χ3v) is 3.79. The normalized spacial score (nSPS) is 23.3. The minimum absolute atomic E-state index is 0.308. The van der Waals surface area contributed by atoms with Gasteiger partial charge in [0.1, 0.15) is 0 Å². The SMILES string of the molecule is CCC1CCC(C)N1c1ccc(N)cc1C(=O)O. The molecule has 0 spiro atoms. The fraction of sp³-hybridized carbons (Fsp3) is 0.500. The van der Waals surface area contributed by atoms with Gasteiger partial charge in [0.15, 0.2) is 0 Å². The van der Waals surface area contributed by atoms with Crippen molar-refractivity contribution in [3.63, 3.8) is 0 Å². The molecule has 1 fully saturated rings. The molecule has 2 atom stereocenters. The van der Waals surface area contributed by atoms with E-state index >= 15 is 0 Å². The van der Waals surface area contributed by atoms with E-state index in [9.17, 15) is 9.90 Å². The van der Waals surface area contributed by atoms with Crippen molar-refractivity contribution >= 4 is 17.3 Å². The predicted octanol–water partition coefficient (Wildman–Crippen LogP) is 2.73. The van der Waals surface area contributed by atoms with Crippen LogP contribution >= 0.6 is 0 Å². The van der Waals surface area contributed by atoms with Gasteiger partial charge in [-0.1, -0.05) is 6.92 Å². The minimum Gasteiger partial charge on any atom is -0.478 e. The second-order valence-corrected chi connectivity index (χ2v) is 4.98. The van der Waals surface area contributed by atoms with Gasteiger partial charge in [-0.15, -0.1) is 0 Å². The largest absolute Gasteiger partial charge is 0.478 e. The van der Waals surface area contributed by atoms with E-state index in [4.69, 9.17) is 5.73 Å². The molecule has 0 radical (unpaired) electrons. The fourth-order valence-corrected chi connectivity index (χ4v) is 2.86. The molecule has 4 nitrogen and oxygen atoms in total. The zero-order chi connectivity index (χ0) is 13.3. The molecule has 1 aromatic carbocycles. The third kappa shape index (κ3) is 2.15. The molecular weight excluding hydrogens is 228 g/mol. The van der Waals surface area contributed by atoms with Gasteiger partial charge < -0.3 is 15.7 Å². The number of nitrogens with zero attached hydrogens (tertiary/aromatic N) is 1. The van der Waals surface area contributed by atoms with Crippen LogP contribution in [0.1, 0.15) is 43.5 Å². The van der Waals surface area contributed by atoms with Crippen LogP contribution < -0.4 is 10.6 Å². The van der Waals surface area contributed by atoms with E-state index in [0.717, 1.165) is 24.9 Å². The molecule has 0 bridgehead atoms. The van der Waals surface area contributed by atoms with Gasteiger partial charge in [0.2, 0.25) is 0 Å². The summed E-state index contributed by atoms with van der Waals surface area (Å²) >= 11 is 0. The number of carboxylic acid groups (broad SMARTS) is 1. The van der Waals surface area contributed by atoms with E-state index in [1.165, 1.54) is 0 Å². The van der Waals surface area contributed by atoms with Crippen LogP contribution in [0, 0.1) is 0 Å². The van der Waals surface area contributed by atoms with E-state index in [1.807, 2.05) is 6.07 Å². The fourth-order valence-electron chi connectivity index (χ4n) is 2.86. The molecule has 0 saturated carbocycles. The van der Waals surface area contributed by atoms with Gasteiger partial charge in [-0.3, -0.25) is 0 Å². The Morgan fingerprint density at radius 1 is 1.50 bits per heavy atom. The first-order valence-corrected chi connectivity index (χ1v) is 6.45. The zero-order valence-electron chi connectivity index (χ0n) is 10.9. The Labute approximate surface area is 107 Å². The van der Waals surface area contributed by atoms with Crippen molar-refractivity contribution in [3.8, 4) is 0 Å². The summed E-state index contributed by atoms with van der Waals surface area (Å²) in [6.45, 7) is 4.30. The lowest BCUT2D eigenvalue weighted by Gasteiger charge is -2.31. The lowest BCUT2D eigenvalue weighted by molar-refractivity contribution is 0.0697. The molecule has 1 heterocycles. The van der Waals surface area contributed by atoms with Crippen molar-refractivity contribution in [2.45, 2.75) is 45.2 Å². The van der Waals surface area contributed by atoms with Crippen LogP contribution in [0.15, 0.2) is 18.2 Å². The molecular formula is C14H20N2O2. The quantitative estimate of drug-likeness (QED) is 0.807. The molecule has 1 saturated heterocycles. The molecule has 3 N–H and O–H groups in total. The molecule has 0 aromatic heterocycles. The Morgan fingerprint density at radius 3 is 2.83 bits per heavy atom. The lowest BCUT2D eigenvalue weighted by atomic mass is 10.1. The molecule has 2 rings (SSSR count). The standard InChI is InChI=1S/C14H20N2O2/c1-3-11-6-4-9(2)16(11)13-7-5-10(15)8-12(13)14(17)18/h5,7-9,11H,3-4,6,15H2,1-2H3,(H,17,18). The van der Waals surface area contributed by atoms with Crippen molar-refractivity contribution in [1.29, 1.82) is 0 Å². The number of rotatable bonds is 3. The highest BCUT2D eigenvalue weighted by Crippen LogP contribution is 2.34. The summed E-state index contributed by atoms with van der Waals surface area (Å²) < 4.78 is 0. The molecule has 98 valence electrons. The topological polar surface area (TPSA) is 66.6 Å². The average molecular weight is 248 g/mol. The van der Waals surface area contributed by atoms with Gasteiger partial charge in [0.05, 0.1) is 11.3 Å². The Hall–Kier alpha value is -1.71. The van der Waals surface area contributed by atoms with Gasteiger partial charge in [-0.2, -0.15) is 0 Å². The van der Waals surface area contributed by atoms with Crippen LogP contribution in [-0.4, -0.2) is 23.2 Å². The Balaban J connectivity index is 2.46. The molecule has 1 aliphatic rings. The molecule has 1 aromatic rings. The maximum Gasteiger partial charge on any atom is 0.337 e. The first-order valence-electron chi connectivity index (χ1n) is 6.45. The van der Waals surface area contributed by atoms with Crippen molar-refractivity contribution < 1.29 is 9.90 Å². The zero-order valence-corrected chi connectivity index (χ0v) is 10.9. The maximum absolute atomic E-state index is 11.4. The average Bonchev–Trinajstić information content (AvgIpc) is 2.70. The predicted molar refractivity (Wildman–Crippen MR) is 73.1 cm³/mol. The van der Waals surface area contributed by atoms with Gasteiger partial charge in [-0.25, -0.2) is 4.79 Å². The summed E-state index contributed by atoms with van der Waals surface area (Å²) in [6.07, 6.45) is 3.27. The van der Waals surface area contributed by atoms with E-state index in [-0.39, 0.29) is 0 Å². The van der Waals surface area contributed by atoms with E-state index in [2.05, 4.69) is 18.7 Å². The summed E-state index contributed by atoms with van der Waals surface area (Å²) in [6, 6.07) is 5.98. The molecule has 0 aliphatic carbocycles. The number of carboxylic acids is 1. The van der Waals surface area contributed by atoms with E-state index in [0.29, 0.717) is 23.3 Å². The number of benzene rings is 1. The van der Waals surface area contributed by atoms with Gasteiger partial charge in [-0.05, 0) is 44.4 Å². The van der Waals surface area contributed by atoms with Crippen molar-refractivity contribution in [2.75, 3.05) is 10.6 Å². The molecule has 0 amide bonds. The highest BCUT2D eigenvalue weighted by Gasteiger charge is 2.31. The van der Waals surface area contributed by atoms with Crippen molar-refractivity contribution in [3.05, 3.63) is 23.8 Å². The summed E-state index contributed by atoms with van der Waals surface area (Å²) in [5, 5.41) is 9.31. The Bertz CT molecular complexity index is 459. The lowest BCUT2D eigenvalue weighted by Crippen LogP contribution is -2.35. The Morgan fingerprint density at radius 2 is 2.22 bits per heavy atom. The monoisotopic (exact) mass is 248 g/mol. The number of nitrogen functional groups attached to an aromatic ring is 1. The second kappa shape index (κ2) is 4.88. The van der Waals surface area contributed by atoms with Crippen LogP contribution in [0.25, 0.3) is 0 Å². The van der Waals surface area contributed by atoms with Crippen molar-refractivity contribution in [1.82, 2.24) is 0 Å². The summed E-state index contributed by atoms with van der Waals surface area (Å²) in [4.78, 5) is 13.6. The first-order chi connectivity index (χ1) is 8.54. The molecule has 4 heteroatoms. The van der Waals surface area contributed by atoms with Gasteiger partial charge >= 0.3 is 5.97 Å². The summed E-state index contributed by atoms with van der Waals surface area (Å²) in [7, 11) is 0. The van der Waals surface area contributed by atoms with E-state index < -0.39 is 5.97 Å². The minimum atomic E-state index is -0.911. The smallest absolute Gasteiger partial charge is 0.337 e. The van der Waals surface area contributed by atoms with Crippen LogP contribution in [0.5, 0.6) is 0 Å². The third-order valence-electron chi connectivity index (χ3n) is 3.79. The second-order valence-electron chi connectivity index (χ2n) is 4.98. The number of hydrogen-bond donors (Lipinski definition) is 2. The number of nitrogens with two attached hydrogens (primary N) is 1. The van der Waals surface area contributed by atoms with E-state index in [1.54, 1.807) is 12.1 Å². The number of anilines is 2. The van der Waals surface area contributed by atoms with Crippen LogP contribution in [-0.2, 0) is 0 Å². The van der Waals surface area contributed by atoms with Gasteiger partial charge in [0.25, 0.3) is 0 Å². The maximum atomic E-state index is 11.4. The van der Waals surface area contributed by atoms with Crippen LogP contribution in [0.2, 0.25) is 0 Å². The van der Waals surface area contributed by atoms with Crippen LogP contribution in [0.4, 0.5) is 11.4 Å². The highest BCUT2D eigenvalue weighted by atomic mass is 16.4. The van der Waals surface area contributed by atoms with Crippen molar-refractivity contribution in [2.24, 2.45) is 0 Å². The summed E-state index contributed by atoms with van der Waals surface area (Å²) in [5.41, 5.74) is 7.29.